The highest BCUT2D eigenvalue weighted by atomic mass is 16.6. The van der Waals surface area contributed by atoms with Crippen molar-refractivity contribution in [3.05, 3.63) is 57.6 Å². The number of methoxy groups -OCH3 is 2. The zero-order valence-electron chi connectivity index (χ0n) is 18.5. The lowest BCUT2D eigenvalue weighted by molar-refractivity contribution is -0.384. The summed E-state index contributed by atoms with van der Waals surface area (Å²) in [5, 5.41) is 11.7. The molecule has 1 amide bonds. The first-order valence-electron chi connectivity index (χ1n) is 10.3. The quantitative estimate of drug-likeness (QED) is 0.488. The predicted molar refractivity (Wildman–Crippen MR) is 119 cm³/mol. The minimum atomic E-state index is -0.406. The predicted octanol–water partition coefficient (Wildman–Crippen LogP) is 4.12. The van der Waals surface area contributed by atoms with E-state index in [1.165, 1.54) is 11.0 Å². The Morgan fingerprint density at radius 3 is 2.48 bits per heavy atom. The molecular formula is C23H29N3O5. The van der Waals surface area contributed by atoms with Gasteiger partial charge in [-0.3, -0.25) is 14.9 Å². The molecule has 2 aromatic carbocycles. The van der Waals surface area contributed by atoms with Crippen molar-refractivity contribution in [2.24, 2.45) is 5.92 Å². The molecule has 0 unspecified atom stereocenters. The molecule has 1 aliphatic heterocycles. The van der Waals surface area contributed by atoms with Crippen LogP contribution in [0.4, 0.5) is 11.4 Å². The Balaban J connectivity index is 1.81. The Labute approximate surface area is 182 Å². The highest BCUT2D eigenvalue weighted by Gasteiger charge is 2.25. The van der Waals surface area contributed by atoms with Crippen LogP contribution < -0.4 is 14.4 Å². The van der Waals surface area contributed by atoms with E-state index in [0.29, 0.717) is 29.6 Å². The van der Waals surface area contributed by atoms with Gasteiger partial charge in [0.1, 0.15) is 17.2 Å². The van der Waals surface area contributed by atoms with Crippen LogP contribution in [0, 0.1) is 16.0 Å². The Morgan fingerprint density at radius 1 is 1.16 bits per heavy atom. The van der Waals surface area contributed by atoms with Gasteiger partial charge in [-0.05, 0) is 43.0 Å². The lowest BCUT2D eigenvalue weighted by atomic mass is 9.98. The van der Waals surface area contributed by atoms with Crippen LogP contribution in [-0.2, 0) is 6.54 Å². The van der Waals surface area contributed by atoms with Gasteiger partial charge in [-0.2, -0.15) is 0 Å². The van der Waals surface area contributed by atoms with Crippen molar-refractivity contribution in [2.75, 3.05) is 39.3 Å². The summed E-state index contributed by atoms with van der Waals surface area (Å²) in [6, 6.07) is 10.2. The average Bonchev–Trinajstić information content (AvgIpc) is 2.78. The highest BCUT2D eigenvalue weighted by Crippen LogP contribution is 2.33. The number of nitrogens with zero attached hydrogens (tertiary/aromatic N) is 3. The largest absolute Gasteiger partial charge is 0.497 e. The first-order chi connectivity index (χ1) is 14.8. The van der Waals surface area contributed by atoms with E-state index in [-0.39, 0.29) is 17.2 Å². The summed E-state index contributed by atoms with van der Waals surface area (Å²) in [6.45, 7) is 4.06. The molecule has 0 aromatic heterocycles. The zero-order chi connectivity index (χ0) is 22.5. The molecule has 0 atom stereocenters. The van der Waals surface area contributed by atoms with Gasteiger partial charge in [0, 0.05) is 49.9 Å². The van der Waals surface area contributed by atoms with Crippen molar-refractivity contribution >= 4 is 17.3 Å². The Kier molecular flexibility index (Phi) is 6.99. The number of nitro benzene ring substituents is 1. The van der Waals surface area contributed by atoms with Crippen molar-refractivity contribution < 1.29 is 19.2 Å². The smallest absolute Gasteiger partial charge is 0.293 e. The lowest BCUT2D eigenvalue weighted by Crippen LogP contribution is -2.33. The molecule has 8 nitrogen and oxygen atoms in total. The van der Waals surface area contributed by atoms with Crippen LogP contribution in [0.1, 0.15) is 35.7 Å². The molecule has 0 aliphatic carbocycles. The third-order valence-corrected chi connectivity index (χ3v) is 5.79. The lowest BCUT2D eigenvalue weighted by Gasteiger charge is -2.31. The van der Waals surface area contributed by atoms with Gasteiger partial charge in [-0.1, -0.05) is 6.92 Å². The van der Waals surface area contributed by atoms with Crippen molar-refractivity contribution in [3.8, 4) is 11.5 Å². The number of benzene rings is 2. The summed E-state index contributed by atoms with van der Waals surface area (Å²) in [5.41, 5.74) is 1.65. The van der Waals surface area contributed by atoms with Crippen LogP contribution in [0.15, 0.2) is 36.4 Å². The minimum Gasteiger partial charge on any atom is -0.497 e. The maximum Gasteiger partial charge on any atom is 0.293 e. The van der Waals surface area contributed by atoms with Gasteiger partial charge in [0.05, 0.1) is 19.1 Å². The number of anilines is 1. The van der Waals surface area contributed by atoms with Crippen molar-refractivity contribution in [1.29, 1.82) is 0 Å². The van der Waals surface area contributed by atoms with Crippen molar-refractivity contribution in [2.45, 2.75) is 26.3 Å². The third-order valence-electron chi connectivity index (χ3n) is 5.79. The fourth-order valence-electron chi connectivity index (χ4n) is 3.85. The fraction of sp³-hybridized carbons (Fsp3) is 0.435. The molecule has 0 radical (unpaired) electrons. The zero-order valence-corrected chi connectivity index (χ0v) is 18.5. The molecule has 166 valence electrons. The number of carbonyl (C=O) groups is 1. The van der Waals surface area contributed by atoms with Crippen LogP contribution in [-0.4, -0.2) is 50.1 Å². The highest BCUT2D eigenvalue weighted by molar-refractivity contribution is 5.95. The fourth-order valence-corrected chi connectivity index (χ4v) is 3.85. The van der Waals surface area contributed by atoms with Crippen molar-refractivity contribution in [1.82, 2.24) is 4.90 Å². The standard InChI is InChI=1S/C23H29N3O5/c1-16-9-11-25(12-10-16)20-8-6-17(13-21(20)26(28)29)23(27)24(2)15-18-5-7-19(30-3)14-22(18)31-4/h5-8,13-14,16H,9-12,15H2,1-4H3. The molecule has 1 aliphatic rings. The summed E-state index contributed by atoms with van der Waals surface area (Å²) in [6.07, 6.45) is 2.01. The molecular weight excluding hydrogens is 398 g/mol. The Bertz CT molecular complexity index is 954. The number of hydrogen-bond acceptors (Lipinski definition) is 6. The topological polar surface area (TPSA) is 85.2 Å². The Morgan fingerprint density at radius 2 is 1.87 bits per heavy atom. The number of ether oxygens (including phenoxy) is 2. The SMILES string of the molecule is COc1ccc(CN(C)C(=O)c2ccc(N3CCC(C)CC3)c([N+](=O)[O-])c2)c(OC)c1. The van der Waals surface area contributed by atoms with Gasteiger partial charge in [0.25, 0.3) is 11.6 Å². The first-order valence-corrected chi connectivity index (χ1v) is 10.3. The van der Waals surface area contributed by atoms with E-state index in [9.17, 15) is 14.9 Å². The van der Waals surface area contributed by atoms with E-state index in [4.69, 9.17) is 9.47 Å². The van der Waals surface area contributed by atoms with E-state index < -0.39 is 4.92 Å². The number of rotatable bonds is 7. The molecule has 0 saturated carbocycles. The number of piperidine rings is 1. The van der Waals surface area contributed by atoms with E-state index >= 15 is 0 Å². The van der Waals surface area contributed by atoms with Crippen LogP contribution in [0.3, 0.4) is 0 Å². The molecule has 0 spiro atoms. The molecule has 8 heteroatoms. The summed E-state index contributed by atoms with van der Waals surface area (Å²) >= 11 is 0. The normalized spacial score (nSPS) is 14.3. The summed E-state index contributed by atoms with van der Waals surface area (Å²) < 4.78 is 10.6. The van der Waals surface area contributed by atoms with E-state index in [0.717, 1.165) is 31.5 Å². The van der Waals surface area contributed by atoms with E-state index in [1.807, 2.05) is 11.0 Å². The van der Waals surface area contributed by atoms with Crippen LogP contribution in [0.25, 0.3) is 0 Å². The second-order valence-corrected chi connectivity index (χ2v) is 7.97. The molecule has 1 heterocycles. The molecule has 3 rings (SSSR count). The monoisotopic (exact) mass is 427 g/mol. The molecule has 0 N–H and O–H groups in total. The van der Waals surface area contributed by atoms with Gasteiger partial charge < -0.3 is 19.3 Å². The summed E-state index contributed by atoms with van der Waals surface area (Å²) in [7, 11) is 4.80. The second kappa shape index (κ2) is 9.68. The number of nitro groups is 1. The van der Waals surface area contributed by atoms with Gasteiger partial charge in [-0.25, -0.2) is 0 Å². The molecule has 31 heavy (non-hydrogen) atoms. The number of amides is 1. The number of carbonyl (C=O) groups excluding carboxylic acids is 1. The second-order valence-electron chi connectivity index (χ2n) is 7.97. The maximum atomic E-state index is 13.0. The van der Waals surface area contributed by atoms with Crippen LogP contribution >= 0.6 is 0 Å². The summed E-state index contributed by atoms with van der Waals surface area (Å²) in [5.74, 6) is 1.60. The molecule has 1 fully saturated rings. The van der Waals surface area contributed by atoms with Crippen LogP contribution in [0.5, 0.6) is 11.5 Å². The average molecular weight is 428 g/mol. The van der Waals surface area contributed by atoms with Gasteiger partial charge >= 0.3 is 0 Å². The van der Waals surface area contributed by atoms with Crippen LogP contribution in [0.2, 0.25) is 0 Å². The molecule has 1 saturated heterocycles. The van der Waals surface area contributed by atoms with E-state index in [1.54, 1.807) is 45.5 Å². The van der Waals surface area contributed by atoms with Gasteiger partial charge in [0.2, 0.25) is 0 Å². The minimum absolute atomic E-state index is 0.0316. The maximum absolute atomic E-state index is 13.0. The number of hydrogen-bond donors (Lipinski definition) is 0. The van der Waals surface area contributed by atoms with E-state index in [2.05, 4.69) is 6.92 Å². The Hall–Kier alpha value is -3.29. The van der Waals surface area contributed by atoms with Gasteiger partial charge in [-0.15, -0.1) is 0 Å². The first kappa shape index (κ1) is 22.4. The molecule has 0 bridgehead atoms. The molecule has 2 aromatic rings. The summed E-state index contributed by atoms with van der Waals surface area (Å²) in [4.78, 5) is 27.9. The van der Waals surface area contributed by atoms with Crippen molar-refractivity contribution in [3.63, 3.8) is 0 Å². The third kappa shape index (κ3) is 5.07. The van der Waals surface area contributed by atoms with Gasteiger partial charge in [0.15, 0.2) is 0 Å².